The third kappa shape index (κ3) is 1.63. The number of hydrogen-bond donors (Lipinski definition) is 1. The van der Waals surface area contributed by atoms with E-state index < -0.39 is 11.7 Å². The number of ether oxygens (including phenoxy) is 1. The zero-order valence-corrected chi connectivity index (χ0v) is 10.7. The molecular weight excluding hydrogens is 258 g/mol. The van der Waals surface area contributed by atoms with Crippen molar-refractivity contribution >= 4 is 11.9 Å². The molecule has 1 unspecified atom stereocenters. The quantitative estimate of drug-likeness (QED) is 0.846. The maximum Gasteiger partial charge on any atom is 0.356 e. The fraction of sp³-hybridized carbons (Fsp3) is 0.200. The van der Waals surface area contributed by atoms with Gasteiger partial charge in [0.1, 0.15) is 0 Å². The molecular formula is C15H13NO4. The molecule has 3 rings (SSSR count). The summed E-state index contributed by atoms with van der Waals surface area (Å²) in [6, 6.07) is 9.53. The van der Waals surface area contributed by atoms with E-state index in [9.17, 15) is 14.7 Å². The largest absolute Gasteiger partial charge is 0.476 e. The topological polar surface area (TPSA) is 66.8 Å². The molecule has 1 aromatic rings. The van der Waals surface area contributed by atoms with Crippen LogP contribution in [0.1, 0.15) is 12.0 Å². The Bertz CT molecular complexity index is 635. The molecule has 0 aromatic heterocycles. The predicted molar refractivity (Wildman–Crippen MR) is 70.3 cm³/mol. The number of aliphatic carboxylic acids is 1. The molecule has 5 nitrogen and oxygen atoms in total. The van der Waals surface area contributed by atoms with Crippen molar-refractivity contribution in [3.63, 3.8) is 0 Å². The van der Waals surface area contributed by atoms with Crippen molar-refractivity contribution < 1.29 is 19.4 Å². The highest BCUT2D eigenvalue weighted by Gasteiger charge is 2.61. The van der Waals surface area contributed by atoms with Crippen LogP contribution in [0.15, 0.2) is 54.4 Å². The van der Waals surface area contributed by atoms with Crippen LogP contribution in [-0.4, -0.2) is 27.6 Å². The molecule has 1 aromatic carbocycles. The number of carbonyl (C=O) groups is 2. The monoisotopic (exact) mass is 271 g/mol. The lowest BCUT2D eigenvalue weighted by atomic mass is 9.90. The summed E-state index contributed by atoms with van der Waals surface area (Å²) in [5, 5.41) is 9.26. The summed E-state index contributed by atoms with van der Waals surface area (Å²) in [4.78, 5) is 24.4. The minimum Gasteiger partial charge on any atom is -0.476 e. The van der Waals surface area contributed by atoms with Crippen LogP contribution in [0.3, 0.4) is 0 Å². The highest BCUT2D eigenvalue weighted by molar-refractivity contribution is 5.98. The molecule has 0 aliphatic carbocycles. The zero-order valence-electron chi connectivity index (χ0n) is 10.7. The van der Waals surface area contributed by atoms with Crippen molar-refractivity contribution in [3.8, 4) is 0 Å². The second kappa shape index (κ2) is 4.23. The van der Waals surface area contributed by atoms with Gasteiger partial charge in [0.25, 0.3) is 0 Å². The van der Waals surface area contributed by atoms with Gasteiger partial charge in [0, 0.05) is 6.42 Å². The van der Waals surface area contributed by atoms with E-state index in [2.05, 4.69) is 6.58 Å². The van der Waals surface area contributed by atoms with E-state index in [1.54, 1.807) is 0 Å². The summed E-state index contributed by atoms with van der Waals surface area (Å²) in [6.45, 7) is 3.55. The van der Waals surface area contributed by atoms with Crippen molar-refractivity contribution in [1.82, 2.24) is 4.90 Å². The molecule has 0 bridgehead atoms. The maximum absolute atomic E-state index is 11.8. The molecule has 0 radical (unpaired) electrons. The zero-order chi connectivity index (χ0) is 14.3. The minimum absolute atomic E-state index is 0.118. The van der Waals surface area contributed by atoms with Gasteiger partial charge in [-0.3, -0.25) is 9.69 Å². The molecule has 2 aliphatic heterocycles. The SMILES string of the molecule is C=CC1=C(C(=O)O)N2C(=O)CC2(Cc2ccccc2)O1. The standard InChI is InChI=1S/C15H13NO4/c1-2-11-13(14(18)19)16-12(17)9-15(16,20-11)8-10-6-4-3-5-7-10/h2-7H,1,8-9H2,(H,18,19). The van der Waals surface area contributed by atoms with Crippen LogP contribution in [0.2, 0.25) is 0 Å². The number of carboxylic acid groups (broad SMARTS) is 1. The Morgan fingerprint density at radius 2 is 2.15 bits per heavy atom. The van der Waals surface area contributed by atoms with Gasteiger partial charge in [-0.1, -0.05) is 36.9 Å². The Morgan fingerprint density at radius 1 is 1.45 bits per heavy atom. The van der Waals surface area contributed by atoms with Crippen LogP contribution in [0.5, 0.6) is 0 Å². The molecule has 102 valence electrons. The number of carbonyl (C=O) groups excluding carboxylic acids is 1. The summed E-state index contributed by atoms with van der Waals surface area (Å²) >= 11 is 0. The van der Waals surface area contributed by atoms with Crippen molar-refractivity contribution in [1.29, 1.82) is 0 Å². The number of allylic oxidation sites excluding steroid dienone is 1. The van der Waals surface area contributed by atoms with Gasteiger partial charge in [0.2, 0.25) is 11.6 Å². The molecule has 1 saturated heterocycles. The number of fused-ring (bicyclic) bond motifs is 1. The van der Waals surface area contributed by atoms with Crippen molar-refractivity contribution in [2.45, 2.75) is 18.6 Å². The first-order valence-electron chi connectivity index (χ1n) is 6.23. The van der Waals surface area contributed by atoms with Gasteiger partial charge >= 0.3 is 5.97 Å². The van der Waals surface area contributed by atoms with Gasteiger partial charge in [-0.25, -0.2) is 4.79 Å². The Hall–Kier alpha value is -2.56. The highest BCUT2D eigenvalue weighted by atomic mass is 16.5. The molecule has 0 spiro atoms. The van der Waals surface area contributed by atoms with E-state index in [0.717, 1.165) is 5.56 Å². The van der Waals surface area contributed by atoms with Gasteiger partial charge in [-0.15, -0.1) is 0 Å². The van der Waals surface area contributed by atoms with E-state index in [-0.39, 0.29) is 23.8 Å². The van der Waals surface area contributed by atoms with E-state index >= 15 is 0 Å². The van der Waals surface area contributed by atoms with Crippen LogP contribution in [-0.2, 0) is 20.7 Å². The third-order valence-electron chi connectivity index (χ3n) is 3.55. The summed E-state index contributed by atoms with van der Waals surface area (Å²) < 4.78 is 5.73. The molecule has 2 aliphatic rings. The van der Waals surface area contributed by atoms with Gasteiger partial charge < -0.3 is 9.84 Å². The molecule has 1 fully saturated rings. The molecule has 1 atom stereocenters. The van der Waals surface area contributed by atoms with Crippen LogP contribution in [0.25, 0.3) is 0 Å². The van der Waals surface area contributed by atoms with Crippen molar-refractivity contribution in [2.75, 3.05) is 0 Å². The average Bonchev–Trinajstić information content (AvgIpc) is 2.68. The maximum atomic E-state index is 11.8. The molecule has 0 saturated carbocycles. The van der Waals surface area contributed by atoms with Gasteiger partial charge in [-0.05, 0) is 11.6 Å². The number of nitrogens with zero attached hydrogens (tertiary/aromatic N) is 1. The van der Waals surface area contributed by atoms with Crippen molar-refractivity contribution in [2.24, 2.45) is 0 Å². The second-order valence-electron chi connectivity index (χ2n) is 4.84. The predicted octanol–water partition coefficient (Wildman–Crippen LogP) is 1.67. The fourth-order valence-corrected chi connectivity index (χ4v) is 2.74. The number of carboxylic acids is 1. The number of amides is 1. The lowest BCUT2D eigenvalue weighted by Crippen LogP contribution is -2.62. The first-order chi connectivity index (χ1) is 9.57. The number of hydrogen-bond acceptors (Lipinski definition) is 3. The summed E-state index contributed by atoms with van der Waals surface area (Å²) in [6.07, 6.45) is 1.96. The second-order valence-corrected chi connectivity index (χ2v) is 4.84. The Balaban J connectivity index is 1.95. The first kappa shape index (κ1) is 12.5. The van der Waals surface area contributed by atoms with E-state index in [4.69, 9.17) is 4.74 Å². The van der Waals surface area contributed by atoms with Gasteiger partial charge in [0.05, 0.1) is 6.42 Å². The Labute approximate surface area is 115 Å². The van der Waals surface area contributed by atoms with Crippen molar-refractivity contribution in [3.05, 3.63) is 60.0 Å². The summed E-state index contributed by atoms with van der Waals surface area (Å²) in [5.74, 6) is -1.27. The Morgan fingerprint density at radius 3 is 2.70 bits per heavy atom. The average molecular weight is 271 g/mol. The normalized spacial score (nSPS) is 24.0. The summed E-state index contributed by atoms with van der Waals surface area (Å²) in [7, 11) is 0. The fourth-order valence-electron chi connectivity index (χ4n) is 2.74. The number of β-lactam (4-membered cyclic amide) rings is 1. The molecule has 20 heavy (non-hydrogen) atoms. The lowest BCUT2D eigenvalue weighted by Gasteiger charge is -2.45. The summed E-state index contributed by atoms with van der Waals surface area (Å²) in [5.41, 5.74) is -0.0393. The highest BCUT2D eigenvalue weighted by Crippen LogP contribution is 2.47. The molecule has 5 heteroatoms. The van der Waals surface area contributed by atoms with Crippen LogP contribution < -0.4 is 0 Å². The third-order valence-corrected chi connectivity index (χ3v) is 3.55. The Kier molecular flexibility index (Phi) is 2.64. The molecule has 1 N–H and O–H groups in total. The van der Waals surface area contributed by atoms with E-state index in [1.807, 2.05) is 30.3 Å². The lowest BCUT2D eigenvalue weighted by molar-refractivity contribution is -0.183. The van der Waals surface area contributed by atoms with Crippen LogP contribution in [0.4, 0.5) is 0 Å². The smallest absolute Gasteiger partial charge is 0.356 e. The first-order valence-corrected chi connectivity index (χ1v) is 6.23. The molecule has 2 heterocycles. The van der Waals surface area contributed by atoms with E-state index in [1.165, 1.54) is 11.0 Å². The van der Waals surface area contributed by atoms with Crippen LogP contribution >= 0.6 is 0 Å². The van der Waals surface area contributed by atoms with Crippen LogP contribution in [0, 0.1) is 0 Å². The minimum atomic E-state index is -1.18. The number of benzene rings is 1. The van der Waals surface area contributed by atoms with E-state index in [0.29, 0.717) is 6.42 Å². The molecule has 1 amide bonds. The number of rotatable bonds is 4. The van der Waals surface area contributed by atoms with Gasteiger partial charge in [-0.2, -0.15) is 0 Å². The van der Waals surface area contributed by atoms with Gasteiger partial charge in [0.15, 0.2) is 11.5 Å².